The first-order chi connectivity index (χ1) is 10.1. The second kappa shape index (κ2) is 7.80. The van der Waals surface area contributed by atoms with Crippen molar-refractivity contribution in [1.82, 2.24) is 5.43 Å². The molecule has 3 N–H and O–H groups in total. The summed E-state index contributed by atoms with van der Waals surface area (Å²) in [6, 6.07) is 13.0. The number of benzene rings is 2. The van der Waals surface area contributed by atoms with Crippen molar-refractivity contribution in [3.05, 3.63) is 64.4 Å². The molecule has 1 atom stereocenters. The van der Waals surface area contributed by atoms with Crippen LogP contribution in [0.5, 0.6) is 0 Å². The van der Waals surface area contributed by atoms with Crippen LogP contribution in [0, 0.1) is 12.7 Å². The van der Waals surface area contributed by atoms with Gasteiger partial charge in [0, 0.05) is 27.3 Å². The van der Waals surface area contributed by atoms with Gasteiger partial charge in [0.2, 0.25) is 0 Å². The van der Waals surface area contributed by atoms with Crippen molar-refractivity contribution in [3.8, 4) is 0 Å². The van der Waals surface area contributed by atoms with Crippen LogP contribution in [0.1, 0.15) is 11.1 Å². The molecule has 0 aliphatic rings. The van der Waals surface area contributed by atoms with Gasteiger partial charge >= 0.3 is 0 Å². The van der Waals surface area contributed by atoms with Gasteiger partial charge in [-0.2, -0.15) is 0 Å². The molecule has 1 unspecified atom stereocenters. The molecular formula is C16H18ClFN2S. The van der Waals surface area contributed by atoms with Gasteiger partial charge in [0.15, 0.2) is 0 Å². The van der Waals surface area contributed by atoms with Crippen LogP contribution in [-0.4, -0.2) is 11.8 Å². The Morgan fingerprint density at radius 1 is 1.24 bits per heavy atom. The Morgan fingerprint density at radius 3 is 2.57 bits per heavy atom. The third-order valence-electron chi connectivity index (χ3n) is 3.22. The van der Waals surface area contributed by atoms with Crippen LogP contribution in [0.15, 0.2) is 47.4 Å². The van der Waals surface area contributed by atoms with Gasteiger partial charge in [-0.3, -0.25) is 11.3 Å². The van der Waals surface area contributed by atoms with Gasteiger partial charge < -0.3 is 0 Å². The van der Waals surface area contributed by atoms with Crippen LogP contribution in [0.25, 0.3) is 0 Å². The molecule has 5 heteroatoms. The number of nitrogens with one attached hydrogen (secondary N) is 1. The van der Waals surface area contributed by atoms with Gasteiger partial charge in [-0.25, -0.2) is 4.39 Å². The molecule has 0 amide bonds. The third kappa shape index (κ3) is 4.71. The number of rotatable bonds is 6. The zero-order valence-corrected chi connectivity index (χ0v) is 13.3. The third-order valence-corrected chi connectivity index (χ3v) is 4.75. The van der Waals surface area contributed by atoms with Crippen molar-refractivity contribution >= 4 is 23.4 Å². The van der Waals surface area contributed by atoms with Crippen molar-refractivity contribution in [2.45, 2.75) is 24.3 Å². The minimum absolute atomic E-state index is 0.0503. The van der Waals surface area contributed by atoms with Gasteiger partial charge in [-0.15, -0.1) is 11.8 Å². The summed E-state index contributed by atoms with van der Waals surface area (Å²) in [4.78, 5) is 1.17. The number of aryl methyl sites for hydroxylation is 1. The maximum atomic E-state index is 13.8. The molecule has 0 radical (unpaired) electrons. The Bertz CT molecular complexity index is 569. The molecule has 0 heterocycles. The van der Waals surface area contributed by atoms with E-state index in [1.54, 1.807) is 23.9 Å². The number of hydrogen-bond donors (Lipinski definition) is 2. The van der Waals surface area contributed by atoms with E-state index in [1.807, 2.05) is 0 Å². The molecule has 2 aromatic rings. The Kier molecular flexibility index (Phi) is 6.06. The van der Waals surface area contributed by atoms with Crippen molar-refractivity contribution in [2.24, 2.45) is 5.84 Å². The minimum Gasteiger partial charge on any atom is -0.271 e. The van der Waals surface area contributed by atoms with Crippen LogP contribution in [-0.2, 0) is 6.42 Å². The lowest BCUT2D eigenvalue weighted by Crippen LogP contribution is -2.39. The molecule has 2 rings (SSSR count). The van der Waals surface area contributed by atoms with E-state index < -0.39 is 0 Å². The first kappa shape index (κ1) is 16.3. The van der Waals surface area contributed by atoms with Gasteiger partial charge in [0.05, 0.1) is 0 Å². The maximum absolute atomic E-state index is 13.8. The molecule has 0 aliphatic heterocycles. The highest BCUT2D eigenvalue weighted by Gasteiger charge is 2.14. The van der Waals surface area contributed by atoms with E-state index in [0.29, 0.717) is 17.0 Å². The van der Waals surface area contributed by atoms with E-state index in [2.05, 4.69) is 36.6 Å². The second-order valence-electron chi connectivity index (χ2n) is 4.89. The molecule has 0 bridgehead atoms. The van der Waals surface area contributed by atoms with E-state index in [9.17, 15) is 4.39 Å². The minimum atomic E-state index is -0.289. The molecular weight excluding hydrogens is 307 g/mol. The molecule has 0 aromatic heterocycles. The lowest BCUT2D eigenvalue weighted by molar-refractivity contribution is 0.547. The normalized spacial score (nSPS) is 12.4. The largest absolute Gasteiger partial charge is 0.271 e. The van der Waals surface area contributed by atoms with Crippen molar-refractivity contribution < 1.29 is 4.39 Å². The first-order valence-electron chi connectivity index (χ1n) is 6.68. The first-order valence-corrected chi connectivity index (χ1v) is 8.05. The fourth-order valence-corrected chi connectivity index (χ4v) is 3.15. The summed E-state index contributed by atoms with van der Waals surface area (Å²) in [5.41, 5.74) is 4.47. The van der Waals surface area contributed by atoms with E-state index in [4.69, 9.17) is 17.4 Å². The van der Waals surface area contributed by atoms with Crippen molar-refractivity contribution in [2.75, 3.05) is 5.75 Å². The lowest BCUT2D eigenvalue weighted by atomic mass is 10.1. The monoisotopic (exact) mass is 324 g/mol. The summed E-state index contributed by atoms with van der Waals surface area (Å²) in [5.74, 6) is 6.03. The molecule has 0 saturated heterocycles. The smallest absolute Gasteiger partial charge is 0.127 e. The summed E-state index contributed by atoms with van der Waals surface area (Å²) < 4.78 is 13.8. The predicted molar refractivity (Wildman–Crippen MR) is 88.1 cm³/mol. The summed E-state index contributed by atoms with van der Waals surface area (Å²) >= 11 is 7.73. The second-order valence-corrected chi connectivity index (χ2v) is 6.39. The highest BCUT2D eigenvalue weighted by molar-refractivity contribution is 7.99. The van der Waals surface area contributed by atoms with Crippen molar-refractivity contribution in [3.63, 3.8) is 0 Å². The zero-order chi connectivity index (χ0) is 15.2. The van der Waals surface area contributed by atoms with Gasteiger partial charge in [-0.1, -0.05) is 35.4 Å². The number of hydrazine groups is 1. The highest BCUT2D eigenvalue weighted by atomic mass is 35.5. The summed E-state index contributed by atoms with van der Waals surface area (Å²) in [6.07, 6.45) is 0.459. The maximum Gasteiger partial charge on any atom is 0.127 e. The predicted octanol–water partition coefficient (Wildman–Crippen LogP) is 3.95. The quantitative estimate of drug-likeness (QED) is 0.480. The zero-order valence-electron chi connectivity index (χ0n) is 11.8. The number of thioether (sulfide) groups is 1. The van der Waals surface area contributed by atoms with Gasteiger partial charge in [-0.05, 0) is 37.6 Å². The van der Waals surface area contributed by atoms with E-state index in [-0.39, 0.29) is 11.9 Å². The Hall–Kier alpha value is -1.07. The molecule has 2 aromatic carbocycles. The number of hydrogen-bond acceptors (Lipinski definition) is 3. The SMILES string of the molecule is Cc1ccc(SCC(Cc2c(F)cccc2Cl)NN)cc1. The summed E-state index contributed by atoms with van der Waals surface area (Å²) in [7, 11) is 0. The van der Waals surface area contributed by atoms with E-state index in [1.165, 1.54) is 16.5 Å². The molecule has 0 fully saturated rings. The van der Waals surface area contributed by atoms with Crippen LogP contribution in [0.2, 0.25) is 5.02 Å². The molecule has 0 aliphatic carbocycles. The Labute approximate surface area is 133 Å². The van der Waals surface area contributed by atoms with Crippen LogP contribution >= 0.6 is 23.4 Å². The molecule has 0 spiro atoms. The Morgan fingerprint density at radius 2 is 1.95 bits per heavy atom. The average Bonchev–Trinajstić information content (AvgIpc) is 2.48. The van der Waals surface area contributed by atoms with E-state index >= 15 is 0 Å². The standard InChI is InChI=1S/C16H18ClFN2S/c1-11-5-7-13(8-6-11)21-10-12(20-19)9-14-15(17)3-2-4-16(14)18/h2-8,12,20H,9-10,19H2,1H3. The van der Waals surface area contributed by atoms with Crippen LogP contribution in [0.3, 0.4) is 0 Å². The molecule has 2 nitrogen and oxygen atoms in total. The number of nitrogens with two attached hydrogens (primary N) is 1. The lowest BCUT2D eigenvalue weighted by Gasteiger charge is -2.17. The van der Waals surface area contributed by atoms with Gasteiger partial charge in [0.1, 0.15) is 5.82 Å². The van der Waals surface area contributed by atoms with Crippen LogP contribution in [0.4, 0.5) is 4.39 Å². The summed E-state index contributed by atoms with van der Waals surface area (Å²) in [5, 5.41) is 0.440. The fourth-order valence-electron chi connectivity index (χ4n) is 1.97. The average molecular weight is 325 g/mol. The summed E-state index contributed by atoms with van der Waals surface area (Å²) in [6.45, 7) is 2.05. The molecule has 112 valence electrons. The van der Waals surface area contributed by atoms with E-state index in [0.717, 1.165) is 5.75 Å². The topological polar surface area (TPSA) is 38.0 Å². The van der Waals surface area contributed by atoms with Crippen molar-refractivity contribution in [1.29, 1.82) is 0 Å². The number of halogens is 2. The molecule has 0 saturated carbocycles. The fraction of sp³-hybridized carbons (Fsp3) is 0.250. The molecule has 21 heavy (non-hydrogen) atoms. The van der Waals surface area contributed by atoms with Gasteiger partial charge in [0.25, 0.3) is 0 Å². The van der Waals surface area contributed by atoms with Crippen LogP contribution < -0.4 is 11.3 Å². The Balaban J connectivity index is 1.98. The highest BCUT2D eigenvalue weighted by Crippen LogP contribution is 2.24.